The normalized spacial score (nSPS) is 15.5. The summed E-state index contributed by atoms with van der Waals surface area (Å²) in [6.07, 6.45) is 6.39. The lowest BCUT2D eigenvalue weighted by atomic mass is 10.1. The number of carbonyl (C=O) groups is 1. The van der Waals surface area contributed by atoms with Crippen molar-refractivity contribution in [3.63, 3.8) is 0 Å². The molecule has 5 rings (SSSR count). The quantitative estimate of drug-likeness (QED) is 0.498. The van der Waals surface area contributed by atoms with Crippen LogP contribution in [0, 0.1) is 5.82 Å². The number of carbonyl (C=O) groups excluding carboxylic acids is 1. The molecule has 162 valence electrons. The van der Waals surface area contributed by atoms with Gasteiger partial charge in [0.25, 0.3) is 5.56 Å². The van der Waals surface area contributed by atoms with E-state index in [1.807, 2.05) is 10.8 Å². The molecule has 2 aromatic carbocycles. The smallest absolute Gasteiger partial charge is 0.338 e. The van der Waals surface area contributed by atoms with Crippen LogP contribution in [-0.4, -0.2) is 31.7 Å². The highest BCUT2D eigenvalue weighted by atomic mass is 19.1. The summed E-state index contributed by atoms with van der Waals surface area (Å²) >= 11 is 0. The number of ether oxygens (including phenoxy) is 1. The van der Waals surface area contributed by atoms with E-state index in [2.05, 4.69) is 9.97 Å². The van der Waals surface area contributed by atoms with Gasteiger partial charge in [-0.05, 0) is 43.2 Å². The van der Waals surface area contributed by atoms with Crippen LogP contribution in [0.2, 0.25) is 0 Å². The summed E-state index contributed by atoms with van der Waals surface area (Å²) in [5.74, 6) is -0.270. The first-order valence-corrected chi connectivity index (χ1v) is 10.3. The number of H-pyrrole nitrogens is 1. The van der Waals surface area contributed by atoms with Crippen LogP contribution in [0.5, 0.6) is 0 Å². The third kappa shape index (κ3) is 3.41. The number of rotatable bonds is 4. The largest absolute Gasteiger partial charge is 0.460 e. The first kappa shape index (κ1) is 19.9. The third-order valence-electron chi connectivity index (χ3n) is 5.71. The lowest BCUT2D eigenvalue weighted by molar-refractivity contribution is 0.0430. The SMILES string of the molecule is O=C(OCC1CCCc2nccn21)c1ccc2c(=O)n(-c3ccccc3F)c(=O)[nH]c2c1. The molecule has 0 amide bonds. The van der Waals surface area contributed by atoms with Crippen molar-refractivity contribution in [3.8, 4) is 5.69 Å². The molecule has 0 saturated carbocycles. The van der Waals surface area contributed by atoms with Crippen molar-refractivity contribution >= 4 is 16.9 Å². The number of benzene rings is 2. The van der Waals surface area contributed by atoms with Crippen LogP contribution in [0.4, 0.5) is 4.39 Å². The van der Waals surface area contributed by atoms with Gasteiger partial charge in [-0.3, -0.25) is 4.79 Å². The second-order valence-electron chi connectivity index (χ2n) is 7.68. The first-order valence-electron chi connectivity index (χ1n) is 10.3. The number of imidazole rings is 1. The number of nitrogens with zero attached hydrogens (tertiary/aromatic N) is 3. The van der Waals surface area contributed by atoms with Crippen LogP contribution in [-0.2, 0) is 11.2 Å². The molecule has 0 bridgehead atoms. The summed E-state index contributed by atoms with van der Waals surface area (Å²) in [6.45, 7) is 0.200. The molecule has 2 aromatic heterocycles. The predicted octanol–water partition coefficient (Wildman–Crippen LogP) is 2.75. The molecule has 9 heteroatoms. The fourth-order valence-electron chi connectivity index (χ4n) is 4.12. The molecule has 0 saturated heterocycles. The summed E-state index contributed by atoms with van der Waals surface area (Å²) in [7, 11) is 0. The fraction of sp³-hybridized carbons (Fsp3) is 0.217. The molecule has 1 unspecified atom stereocenters. The highest BCUT2D eigenvalue weighted by Crippen LogP contribution is 2.24. The molecule has 0 aliphatic carbocycles. The molecule has 4 aromatic rings. The van der Waals surface area contributed by atoms with E-state index in [-0.39, 0.29) is 34.8 Å². The molecule has 8 nitrogen and oxygen atoms in total. The van der Waals surface area contributed by atoms with E-state index in [9.17, 15) is 18.8 Å². The molecule has 32 heavy (non-hydrogen) atoms. The molecular weight excluding hydrogens is 415 g/mol. The Balaban J connectivity index is 1.42. The molecule has 0 spiro atoms. The highest BCUT2D eigenvalue weighted by Gasteiger charge is 2.22. The minimum atomic E-state index is -0.798. The van der Waals surface area contributed by atoms with Gasteiger partial charge in [0.2, 0.25) is 0 Å². The van der Waals surface area contributed by atoms with E-state index >= 15 is 0 Å². The van der Waals surface area contributed by atoms with Crippen LogP contribution < -0.4 is 11.2 Å². The lowest BCUT2D eigenvalue weighted by Gasteiger charge is -2.24. The Labute approximate surface area is 180 Å². The summed E-state index contributed by atoms with van der Waals surface area (Å²) < 4.78 is 22.4. The number of hydrogen-bond donors (Lipinski definition) is 1. The van der Waals surface area contributed by atoms with Crippen LogP contribution in [0.15, 0.2) is 64.4 Å². The van der Waals surface area contributed by atoms with Crippen molar-refractivity contribution in [2.75, 3.05) is 6.61 Å². The van der Waals surface area contributed by atoms with E-state index in [4.69, 9.17) is 4.74 Å². The number of aryl methyl sites for hydroxylation is 1. The molecular formula is C23H19FN4O4. The highest BCUT2D eigenvalue weighted by molar-refractivity contribution is 5.94. The Hall–Kier alpha value is -4.01. The zero-order valence-corrected chi connectivity index (χ0v) is 17.0. The van der Waals surface area contributed by atoms with Crippen molar-refractivity contribution in [3.05, 3.63) is 92.9 Å². The van der Waals surface area contributed by atoms with Gasteiger partial charge < -0.3 is 14.3 Å². The van der Waals surface area contributed by atoms with E-state index in [0.717, 1.165) is 29.7 Å². The fourth-order valence-corrected chi connectivity index (χ4v) is 4.12. The van der Waals surface area contributed by atoms with Crippen molar-refractivity contribution in [1.82, 2.24) is 19.1 Å². The number of aromatic nitrogens is 4. The van der Waals surface area contributed by atoms with Crippen molar-refractivity contribution in [2.24, 2.45) is 0 Å². The summed E-state index contributed by atoms with van der Waals surface area (Å²) in [5, 5.41) is 0.153. The van der Waals surface area contributed by atoms with Gasteiger partial charge in [-0.1, -0.05) is 12.1 Å². The van der Waals surface area contributed by atoms with Crippen LogP contribution in [0.1, 0.15) is 35.1 Å². The minimum absolute atomic E-state index is 0.0263. The number of aromatic amines is 1. The zero-order valence-electron chi connectivity index (χ0n) is 17.0. The van der Waals surface area contributed by atoms with Gasteiger partial charge >= 0.3 is 11.7 Å². The standard InChI is InChI=1S/C23H19FN4O4/c24-17-5-1-2-6-19(17)28-21(29)16-9-8-14(12-18(16)26-23(28)31)22(30)32-13-15-4-3-7-20-25-10-11-27(15)20/h1-2,5-6,8-12,15H,3-4,7,13H2,(H,26,31). The topological polar surface area (TPSA) is 99.0 Å². The lowest BCUT2D eigenvalue weighted by Crippen LogP contribution is -2.34. The van der Waals surface area contributed by atoms with Gasteiger partial charge in [-0.2, -0.15) is 0 Å². The minimum Gasteiger partial charge on any atom is -0.460 e. The Kier molecular flexibility index (Phi) is 4.93. The average Bonchev–Trinajstić information content (AvgIpc) is 3.28. The molecule has 0 radical (unpaired) electrons. The monoisotopic (exact) mass is 434 g/mol. The van der Waals surface area contributed by atoms with E-state index in [1.165, 1.54) is 42.5 Å². The number of esters is 1. The van der Waals surface area contributed by atoms with Gasteiger partial charge in [0.05, 0.1) is 28.2 Å². The number of fused-ring (bicyclic) bond motifs is 2. The second kappa shape index (κ2) is 7.92. The second-order valence-corrected chi connectivity index (χ2v) is 7.68. The van der Waals surface area contributed by atoms with Gasteiger partial charge in [0, 0.05) is 18.8 Å². The van der Waals surface area contributed by atoms with Crippen LogP contribution >= 0.6 is 0 Å². The maximum Gasteiger partial charge on any atom is 0.338 e. The summed E-state index contributed by atoms with van der Waals surface area (Å²) in [5.41, 5.74) is -1.23. The molecule has 1 aliphatic rings. The molecule has 0 fully saturated rings. The van der Waals surface area contributed by atoms with Gasteiger partial charge in [0.15, 0.2) is 0 Å². The summed E-state index contributed by atoms with van der Waals surface area (Å²) in [4.78, 5) is 44.9. The van der Waals surface area contributed by atoms with Crippen molar-refractivity contribution in [2.45, 2.75) is 25.3 Å². The van der Waals surface area contributed by atoms with Gasteiger partial charge in [-0.15, -0.1) is 0 Å². The Morgan fingerprint density at radius 2 is 2.06 bits per heavy atom. The zero-order chi connectivity index (χ0) is 22.2. The molecule has 3 heterocycles. The summed E-state index contributed by atoms with van der Waals surface area (Å²) in [6, 6.07) is 9.83. The number of nitrogens with one attached hydrogen (secondary N) is 1. The third-order valence-corrected chi connectivity index (χ3v) is 5.71. The van der Waals surface area contributed by atoms with Gasteiger partial charge in [0.1, 0.15) is 18.2 Å². The Bertz CT molecular complexity index is 1450. The molecule has 1 N–H and O–H groups in total. The molecule has 1 atom stereocenters. The number of halogens is 1. The maximum atomic E-state index is 14.1. The van der Waals surface area contributed by atoms with Crippen molar-refractivity contribution in [1.29, 1.82) is 0 Å². The molecule has 1 aliphatic heterocycles. The van der Waals surface area contributed by atoms with E-state index < -0.39 is 23.0 Å². The van der Waals surface area contributed by atoms with Crippen LogP contribution in [0.3, 0.4) is 0 Å². The predicted molar refractivity (Wildman–Crippen MR) is 115 cm³/mol. The van der Waals surface area contributed by atoms with Crippen LogP contribution in [0.25, 0.3) is 16.6 Å². The Morgan fingerprint density at radius 3 is 2.91 bits per heavy atom. The number of hydrogen-bond acceptors (Lipinski definition) is 5. The van der Waals surface area contributed by atoms with E-state index in [0.29, 0.717) is 0 Å². The number of para-hydroxylation sites is 1. The van der Waals surface area contributed by atoms with Crippen molar-refractivity contribution < 1.29 is 13.9 Å². The maximum absolute atomic E-state index is 14.1. The van der Waals surface area contributed by atoms with E-state index in [1.54, 1.807) is 6.20 Å². The van der Waals surface area contributed by atoms with Gasteiger partial charge in [-0.25, -0.2) is 23.5 Å². The first-order chi connectivity index (χ1) is 15.5. The Morgan fingerprint density at radius 1 is 1.22 bits per heavy atom. The average molecular weight is 434 g/mol.